The maximum atomic E-state index is 12.9. The minimum Gasteiger partial charge on any atom is -0.481 e. The van der Waals surface area contributed by atoms with Gasteiger partial charge in [-0.3, -0.25) is 29.0 Å². The molecule has 5 N–H and O–H groups in total. The summed E-state index contributed by atoms with van der Waals surface area (Å²) in [5, 5.41) is 27.9. The number of carboxylic acids is 1. The summed E-state index contributed by atoms with van der Waals surface area (Å²) in [5.41, 5.74) is 5.80. The lowest BCUT2D eigenvalue weighted by molar-refractivity contribution is -0.143. The summed E-state index contributed by atoms with van der Waals surface area (Å²) in [4.78, 5) is 70.4. The predicted molar refractivity (Wildman–Crippen MR) is 294 cm³/mol. The highest BCUT2D eigenvalue weighted by Crippen LogP contribution is 2.22. The number of carbonyl (C=O) groups is 5. The molecule has 4 amide bonds. The number of aliphatic carboxylic acids is 1. The molecule has 16 nitrogen and oxygen atoms in total. The van der Waals surface area contributed by atoms with E-state index in [2.05, 4.69) is 62.1 Å². The predicted octanol–water partition coefficient (Wildman–Crippen LogP) is 5.91. The number of rotatable bonds is 15. The summed E-state index contributed by atoms with van der Waals surface area (Å²) >= 11 is 0. The average Bonchev–Trinajstić information content (AvgIpc) is 3.42. The van der Waals surface area contributed by atoms with E-state index >= 15 is 0 Å². The second-order valence-corrected chi connectivity index (χ2v) is 21.0. The van der Waals surface area contributed by atoms with Gasteiger partial charge in [0.25, 0.3) is 11.8 Å². The Bertz CT molecular complexity index is 2360. The zero-order valence-corrected chi connectivity index (χ0v) is 44.8. The molecule has 4 aliphatic rings. The fourth-order valence-corrected chi connectivity index (χ4v) is 9.58. The molecule has 0 aliphatic carbocycles. The molecule has 0 spiro atoms. The number of nitrogens with zero attached hydrogens (tertiary/aromatic N) is 5. The Morgan fingerprint density at radius 2 is 1.01 bits per heavy atom. The Morgan fingerprint density at radius 3 is 1.44 bits per heavy atom. The number of carbonyl (C=O) groups excluding carboxylic acids is 4. The number of carboxylic acid groups (broad SMARTS) is 1. The van der Waals surface area contributed by atoms with Crippen molar-refractivity contribution in [2.75, 3.05) is 91.6 Å². The van der Waals surface area contributed by atoms with Gasteiger partial charge in [0, 0.05) is 109 Å². The molecule has 4 aliphatic heterocycles. The number of hydrogen-bond donors (Lipinski definition) is 5. The first kappa shape index (κ1) is 58.2. The first-order valence-electron chi connectivity index (χ1n) is 27.0. The number of piperidine rings is 2. The third-order valence-corrected chi connectivity index (χ3v) is 14.1. The number of hydrogen-bond acceptors (Lipinski definition) is 11. The van der Waals surface area contributed by atoms with Gasteiger partial charge in [0.2, 0.25) is 5.91 Å². The monoisotopic (exact) mass is 1030 g/mol. The lowest BCUT2D eigenvalue weighted by Gasteiger charge is -2.38. The highest BCUT2D eigenvalue weighted by Gasteiger charge is 2.33. The van der Waals surface area contributed by atoms with E-state index in [4.69, 9.17) is 9.84 Å². The number of nitrogens with one attached hydrogen (secondary N) is 3. The Morgan fingerprint density at radius 1 is 0.573 bits per heavy atom. The maximum Gasteiger partial charge on any atom is 0.410 e. The van der Waals surface area contributed by atoms with Gasteiger partial charge in [0.1, 0.15) is 5.60 Å². The molecule has 75 heavy (non-hydrogen) atoms. The lowest BCUT2D eigenvalue weighted by Crippen LogP contribution is -2.52. The second kappa shape index (κ2) is 29.8. The summed E-state index contributed by atoms with van der Waals surface area (Å²) in [6.45, 7) is 20.3. The molecule has 4 fully saturated rings. The van der Waals surface area contributed by atoms with E-state index in [0.717, 1.165) is 110 Å². The average molecular weight is 1030 g/mol. The molecule has 0 radical (unpaired) electrons. The van der Waals surface area contributed by atoms with Crippen LogP contribution >= 0.6 is 0 Å². The van der Waals surface area contributed by atoms with Crippen LogP contribution in [0.2, 0.25) is 6.82 Å². The van der Waals surface area contributed by atoms with Gasteiger partial charge in [-0.15, -0.1) is 0 Å². The van der Waals surface area contributed by atoms with Crippen LogP contribution in [0.3, 0.4) is 0 Å². The van der Waals surface area contributed by atoms with Crippen molar-refractivity contribution < 1.29 is 38.8 Å². The van der Waals surface area contributed by atoms with E-state index in [1.807, 2.05) is 103 Å². The van der Waals surface area contributed by atoms with Crippen molar-refractivity contribution in [2.45, 2.75) is 84.8 Å². The number of ether oxygens (including phenoxy) is 1. The molecule has 4 heterocycles. The molecule has 0 atom stereocenters. The van der Waals surface area contributed by atoms with Crippen molar-refractivity contribution >= 4 is 36.8 Å². The van der Waals surface area contributed by atoms with Crippen molar-refractivity contribution in [1.82, 2.24) is 40.4 Å². The van der Waals surface area contributed by atoms with E-state index in [-0.39, 0.29) is 35.7 Å². The van der Waals surface area contributed by atoms with Gasteiger partial charge >= 0.3 is 19.1 Å². The van der Waals surface area contributed by atoms with Crippen LogP contribution < -0.4 is 16.0 Å². The third-order valence-electron chi connectivity index (χ3n) is 14.1. The smallest absolute Gasteiger partial charge is 0.410 e. The van der Waals surface area contributed by atoms with Crippen LogP contribution in [0.4, 0.5) is 4.79 Å². The number of likely N-dealkylation sites (tertiary alicyclic amines) is 1. The summed E-state index contributed by atoms with van der Waals surface area (Å²) in [6, 6.07) is 36.2. The van der Waals surface area contributed by atoms with Gasteiger partial charge in [-0.25, -0.2) is 4.79 Å². The molecule has 4 aromatic rings. The highest BCUT2D eigenvalue weighted by molar-refractivity contribution is 6.45. The molecule has 4 aromatic carbocycles. The van der Waals surface area contributed by atoms with Gasteiger partial charge < -0.3 is 45.4 Å². The second-order valence-electron chi connectivity index (χ2n) is 21.0. The SMILES string of the molecule is CB(O)N1CCC(C(=O)N2CCN(Cc3ccc(C(=O)NCCc4ccccc4)cc3)CC2)CC1.CC(C)(C)OC(=O)N1CCC(C(=O)O)CC1.O=C(NCCc1ccccc1)c1ccc(CN2CCNCC2)cc1. The number of piperazine rings is 2. The highest BCUT2D eigenvalue weighted by atomic mass is 16.6. The van der Waals surface area contributed by atoms with E-state index in [1.165, 1.54) is 22.3 Å². The lowest BCUT2D eigenvalue weighted by atomic mass is 9.80. The van der Waals surface area contributed by atoms with Crippen LogP contribution in [-0.4, -0.2) is 169 Å². The van der Waals surface area contributed by atoms with E-state index in [1.54, 1.807) is 11.7 Å². The van der Waals surface area contributed by atoms with Crippen molar-refractivity contribution in [3.8, 4) is 0 Å². The molecule has 0 saturated carbocycles. The topological polar surface area (TPSA) is 187 Å². The zero-order chi connectivity index (χ0) is 53.6. The third kappa shape index (κ3) is 20.2. The minimum atomic E-state index is -0.774. The van der Waals surface area contributed by atoms with Crippen LogP contribution in [0.25, 0.3) is 0 Å². The fourth-order valence-electron chi connectivity index (χ4n) is 9.58. The zero-order valence-electron chi connectivity index (χ0n) is 44.8. The fraction of sp³-hybridized carbons (Fsp3) is 0.500. The van der Waals surface area contributed by atoms with Gasteiger partial charge in [-0.05, 0) is 126 Å². The molecule has 0 bridgehead atoms. The Hall–Kier alpha value is -6.11. The van der Waals surface area contributed by atoms with Gasteiger partial charge in [0.15, 0.2) is 0 Å². The van der Waals surface area contributed by atoms with Crippen molar-refractivity contribution in [1.29, 1.82) is 0 Å². The quantitative estimate of drug-likeness (QED) is 0.0889. The van der Waals surface area contributed by atoms with Gasteiger partial charge in [0.05, 0.1) is 5.92 Å². The first-order valence-corrected chi connectivity index (χ1v) is 27.0. The molecule has 8 rings (SSSR count). The van der Waals surface area contributed by atoms with Crippen molar-refractivity contribution in [2.24, 2.45) is 11.8 Å². The standard InChI is InChI=1S/C27H37BN4O3.C20H25N3O.C11H19NO4/c1-28(35)32-15-12-25(13-16-32)27(34)31-19-17-30(18-20-31)21-23-7-9-24(10-8-23)26(33)29-14-11-22-5-3-2-4-6-22;24-20(22-11-10-17-4-2-1-3-5-17)19-8-6-18(7-9-19)16-23-14-12-21-13-15-23;1-11(2,3)16-10(15)12-6-4-8(5-7-12)9(13)14/h2-10,25,35H,11-21H2,1H3,(H,29,33);1-9,21H,10-16H2,(H,22,24);8H,4-7H2,1-3H3,(H,13,14). The van der Waals surface area contributed by atoms with E-state index < -0.39 is 18.6 Å². The Labute approximate surface area is 445 Å². The largest absolute Gasteiger partial charge is 0.481 e. The number of amides is 4. The summed E-state index contributed by atoms with van der Waals surface area (Å²) in [7, 11) is -0.433. The molecule has 0 aromatic heterocycles. The van der Waals surface area contributed by atoms with Crippen molar-refractivity contribution in [3.63, 3.8) is 0 Å². The van der Waals surface area contributed by atoms with E-state index in [9.17, 15) is 29.0 Å². The van der Waals surface area contributed by atoms with Crippen molar-refractivity contribution in [3.05, 3.63) is 143 Å². The first-order chi connectivity index (χ1) is 36.1. The van der Waals surface area contributed by atoms with Gasteiger partial charge in [-0.1, -0.05) is 84.9 Å². The minimum absolute atomic E-state index is 0.000321. The van der Waals surface area contributed by atoms with Crippen LogP contribution in [0, 0.1) is 11.8 Å². The Balaban J connectivity index is 0.000000198. The molecular weight excluding hydrogens is 947 g/mol. The molecule has 17 heteroatoms. The van der Waals surface area contributed by atoms with Crippen LogP contribution in [0.15, 0.2) is 109 Å². The normalized spacial score (nSPS) is 17.1. The molecular formula is C58H81BN8O8. The number of benzene rings is 4. The summed E-state index contributed by atoms with van der Waals surface area (Å²) in [5.74, 6) is -0.776. The van der Waals surface area contributed by atoms with E-state index in [0.29, 0.717) is 44.6 Å². The Kier molecular flexibility index (Phi) is 23.1. The maximum absolute atomic E-state index is 12.9. The van der Waals surface area contributed by atoms with Crippen LogP contribution in [-0.2, 0) is 40.3 Å². The van der Waals surface area contributed by atoms with Crippen LogP contribution in [0.5, 0.6) is 0 Å². The summed E-state index contributed by atoms with van der Waals surface area (Å²) in [6.07, 6.45) is 4.00. The van der Waals surface area contributed by atoms with Crippen LogP contribution in [0.1, 0.15) is 89.4 Å². The molecule has 0 unspecified atom stereocenters. The summed E-state index contributed by atoms with van der Waals surface area (Å²) < 4.78 is 5.21. The molecule has 404 valence electrons. The molecule has 4 saturated heterocycles. The van der Waals surface area contributed by atoms with Gasteiger partial charge in [-0.2, -0.15) is 0 Å².